The molecule has 2 saturated heterocycles. The zero-order valence-electron chi connectivity index (χ0n) is 12.9. The molecule has 1 spiro atoms. The van der Waals surface area contributed by atoms with Gasteiger partial charge < -0.3 is 14.6 Å². The molecule has 0 saturated carbocycles. The van der Waals surface area contributed by atoms with Crippen molar-refractivity contribution in [3.05, 3.63) is 36.3 Å². The number of piperidine rings is 1. The van der Waals surface area contributed by atoms with Crippen LogP contribution in [0, 0.1) is 5.41 Å². The molecule has 0 bridgehead atoms. The quantitative estimate of drug-likeness (QED) is 0.853. The van der Waals surface area contributed by atoms with Gasteiger partial charge in [-0.1, -0.05) is 0 Å². The van der Waals surface area contributed by atoms with Crippen LogP contribution in [-0.2, 0) is 0 Å². The smallest absolute Gasteiger partial charge is 0.255 e. The SMILES string of the molecule is Cl.Cl.O=C(c1ccc2nccn2c1)N1CCC2(CCNC2)CC1. The van der Waals surface area contributed by atoms with Crippen molar-refractivity contribution in [3.8, 4) is 0 Å². The molecule has 2 aromatic heterocycles. The van der Waals surface area contributed by atoms with Crippen LogP contribution in [0.1, 0.15) is 29.6 Å². The van der Waals surface area contributed by atoms with Crippen molar-refractivity contribution in [1.29, 1.82) is 0 Å². The Morgan fingerprint density at radius 2 is 1.96 bits per heavy atom. The zero-order chi connectivity index (χ0) is 14.3. The van der Waals surface area contributed by atoms with E-state index in [2.05, 4.69) is 10.3 Å². The average molecular weight is 357 g/mol. The van der Waals surface area contributed by atoms with Crippen molar-refractivity contribution in [2.75, 3.05) is 26.2 Å². The lowest BCUT2D eigenvalue weighted by Crippen LogP contribution is -2.44. The summed E-state index contributed by atoms with van der Waals surface area (Å²) < 4.78 is 1.90. The molecule has 0 aromatic carbocycles. The van der Waals surface area contributed by atoms with Gasteiger partial charge in [0.1, 0.15) is 5.65 Å². The number of nitrogens with zero attached hydrogens (tertiary/aromatic N) is 3. The van der Waals surface area contributed by atoms with Crippen molar-refractivity contribution in [2.45, 2.75) is 19.3 Å². The number of imidazole rings is 1. The third kappa shape index (κ3) is 3.32. The van der Waals surface area contributed by atoms with Crippen molar-refractivity contribution in [1.82, 2.24) is 19.6 Å². The summed E-state index contributed by atoms with van der Waals surface area (Å²) in [5.74, 6) is 0.145. The van der Waals surface area contributed by atoms with Gasteiger partial charge in [-0.15, -0.1) is 24.8 Å². The number of hydrogen-bond acceptors (Lipinski definition) is 3. The van der Waals surface area contributed by atoms with Gasteiger partial charge in [-0.05, 0) is 43.4 Å². The predicted molar refractivity (Wildman–Crippen MR) is 94.7 cm³/mol. The summed E-state index contributed by atoms with van der Waals surface area (Å²) in [5, 5.41) is 3.46. The molecule has 2 fully saturated rings. The molecule has 2 aromatic rings. The highest BCUT2D eigenvalue weighted by molar-refractivity contribution is 5.94. The number of amides is 1. The summed E-state index contributed by atoms with van der Waals surface area (Å²) in [6.07, 6.45) is 9.02. The summed E-state index contributed by atoms with van der Waals surface area (Å²) in [4.78, 5) is 18.9. The molecular weight excluding hydrogens is 335 g/mol. The summed E-state index contributed by atoms with van der Waals surface area (Å²) >= 11 is 0. The number of aromatic nitrogens is 2. The first-order valence-electron chi connectivity index (χ1n) is 7.69. The van der Waals surface area contributed by atoms with Gasteiger partial charge in [0.15, 0.2) is 0 Å². The number of carbonyl (C=O) groups is 1. The Bertz CT molecular complexity index is 672. The number of likely N-dealkylation sites (tertiary alicyclic amines) is 1. The summed E-state index contributed by atoms with van der Waals surface area (Å²) in [5.41, 5.74) is 2.08. The summed E-state index contributed by atoms with van der Waals surface area (Å²) in [7, 11) is 0. The van der Waals surface area contributed by atoms with Gasteiger partial charge in [0, 0.05) is 38.2 Å². The minimum atomic E-state index is 0. The van der Waals surface area contributed by atoms with Crippen molar-refractivity contribution in [2.24, 2.45) is 5.41 Å². The highest BCUT2D eigenvalue weighted by Crippen LogP contribution is 2.37. The molecule has 0 aliphatic carbocycles. The fourth-order valence-corrected chi connectivity index (χ4v) is 3.64. The molecule has 23 heavy (non-hydrogen) atoms. The van der Waals surface area contributed by atoms with E-state index in [0.717, 1.165) is 50.2 Å². The molecule has 0 atom stereocenters. The maximum atomic E-state index is 12.6. The summed E-state index contributed by atoms with van der Waals surface area (Å²) in [6, 6.07) is 3.78. The Labute approximate surface area is 148 Å². The second-order valence-corrected chi connectivity index (χ2v) is 6.33. The zero-order valence-corrected chi connectivity index (χ0v) is 14.5. The first-order chi connectivity index (χ1) is 10.3. The maximum Gasteiger partial charge on any atom is 0.255 e. The van der Waals surface area contributed by atoms with Crippen LogP contribution in [0.5, 0.6) is 0 Å². The second-order valence-electron chi connectivity index (χ2n) is 6.33. The monoisotopic (exact) mass is 356 g/mol. The number of rotatable bonds is 1. The van der Waals surface area contributed by atoms with E-state index in [9.17, 15) is 4.79 Å². The van der Waals surface area contributed by atoms with E-state index in [0.29, 0.717) is 5.41 Å². The van der Waals surface area contributed by atoms with Crippen LogP contribution in [0.3, 0.4) is 0 Å². The first-order valence-corrected chi connectivity index (χ1v) is 7.69. The Hall–Kier alpha value is -1.30. The molecule has 4 heterocycles. The number of hydrogen-bond donors (Lipinski definition) is 1. The fraction of sp³-hybridized carbons (Fsp3) is 0.500. The van der Waals surface area contributed by atoms with Crippen LogP contribution in [0.15, 0.2) is 30.7 Å². The lowest BCUT2D eigenvalue weighted by Gasteiger charge is -2.38. The van der Waals surface area contributed by atoms with Gasteiger partial charge in [-0.2, -0.15) is 0 Å². The normalized spacial score (nSPS) is 19.4. The van der Waals surface area contributed by atoms with E-state index in [4.69, 9.17) is 0 Å². The second kappa shape index (κ2) is 7.07. The maximum absolute atomic E-state index is 12.6. The van der Waals surface area contributed by atoms with Gasteiger partial charge in [0.05, 0.1) is 5.56 Å². The number of pyridine rings is 1. The third-order valence-corrected chi connectivity index (χ3v) is 5.08. The van der Waals surface area contributed by atoms with Crippen LogP contribution < -0.4 is 5.32 Å². The first kappa shape index (κ1) is 18.0. The summed E-state index contributed by atoms with van der Waals surface area (Å²) in [6.45, 7) is 4.01. The molecule has 7 heteroatoms. The minimum Gasteiger partial charge on any atom is -0.339 e. The average Bonchev–Trinajstić information content (AvgIpc) is 3.16. The van der Waals surface area contributed by atoms with E-state index in [-0.39, 0.29) is 30.7 Å². The highest BCUT2D eigenvalue weighted by Gasteiger charge is 2.38. The van der Waals surface area contributed by atoms with Crippen molar-refractivity contribution < 1.29 is 4.79 Å². The number of nitrogens with one attached hydrogen (secondary N) is 1. The predicted octanol–water partition coefficient (Wildman–Crippen LogP) is 2.39. The molecule has 1 N–H and O–H groups in total. The Morgan fingerprint density at radius 3 is 2.65 bits per heavy atom. The molecule has 1 amide bonds. The van der Waals surface area contributed by atoms with Crippen LogP contribution >= 0.6 is 24.8 Å². The molecule has 0 unspecified atom stereocenters. The Morgan fingerprint density at radius 1 is 1.17 bits per heavy atom. The number of carbonyl (C=O) groups excluding carboxylic acids is 1. The molecule has 126 valence electrons. The van der Waals surface area contributed by atoms with Gasteiger partial charge in [-0.25, -0.2) is 4.98 Å². The van der Waals surface area contributed by atoms with Gasteiger partial charge >= 0.3 is 0 Å². The van der Waals surface area contributed by atoms with Crippen LogP contribution in [0.2, 0.25) is 0 Å². The largest absolute Gasteiger partial charge is 0.339 e. The van der Waals surface area contributed by atoms with Crippen LogP contribution in [0.4, 0.5) is 0 Å². The molecule has 2 aliphatic rings. The van der Waals surface area contributed by atoms with E-state index in [1.54, 1.807) is 6.20 Å². The molecule has 2 aliphatic heterocycles. The molecule has 0 radical (unpaired) electrons. The van der Waals surface area contributed by atoms with Gasteiger partial charge in [-0.3, -0.25) is 4.79 Å². The lowest BCUT2D eigenvalue weighted by atomic mass is 9.78. The van der Waals surface area contributed by atoms with Gasteiger partial charge in [0.25, 0.3) is 5.91 Å². The Balaban J connectivity index is 0.000000960. The van der Waals surface area contributed by atoms with Crippen LogP contribution in [-0.4, -0.2) is 46.4 Å². The Kier molecular flexibility index (Phi) is 5.55. The molecule has 4 rings (SSSR count). The third-order valence-electron chi connectivity index (χ3n) is 5.08. The molecule has 5 nitrogen and oxygen atoms in total. The lowest BCUT2D eigenvalue weighted by molar-refractivity contribution is 0.0607. The standard InChI is InChI=1S/C16H20N4O.2ClH/c21-15(13-1-2-14-18-7-10-20(14)11-13)19-8-4-16(5-9-19)3-6-17-12-16;;/h1-2,7,10-11,17H,3-6,8-9,12H2;2*1H. The topological polar surface area (TPSA) is 49.6 Å². The van der Waals surface area contributed by atoms with E-state index in [1.807, 2.05) is 33.8 Å². The van der Waals surface area contributed by atoms with E-state index < -0.39 is 0 Å². The molecular formula is C16H22Cl2N4O. The highest BCUT2D eigenvalue weighted by atomic mass is 35.5. The number of fused-ring (bicyclic) bond motifs is 1. The number of halogens is 2. The van der Waals surface area contributed by atoms with E-state index >= 15 is 0 Å². The fourth-order valence-electron chi connectivity index (χ4n) is 3.64. The van der Waals surface area contributed by atoms with Crippen LogP contribution in [0.25, 0.3) is 5.65 Å². The van der Waals surface area contributed by atoms with Gasteiger partial charge in [0.2, 0.25) is 0 Å². The van der Waals surface area contributed by atoms with E-state index in [1.165, 1.54) is 6.42 Å². The van der Waals surface area contributed by atoms with Crippen molar-refractivity contribution in [3.63, 3.8) is 0 Å². The van der Waals surface area contributed by atoms with Crippen molar-refractivity contribution >= 4 is 36.4 Å². The minimum absolute atomic E-state index is 0.